The van der Waals surface area contributed by atoms with Gasteiger partial charge in [-0.15, -0.1) is 0 Å². The van der Waals surface area contributed by atoms with Gasteiger partial charge in [0.25, 0.3) is 0 Å². The Morgan fingerprint density at radius 1 is 0.828 bits per heavy atom. The molecule has 1 N–H and O–H groups in total. The van der Waals surface area contributed by atoms with Gasteiger partial charge in [0.05, 0.1) is 5.02 Å². The number of halogens is 3. The number of anilines is 1. The zero-order valence-electron chi connectivity index (χ0n) is 15.5. The van der Waals surface area contributed by atoms with Gasteiger partial charge in [-0.25, -0.2) is 4.39 Å². The summed E-state index contributed by atoms with van der Waals surface area (Å²) in [7, 11) is 0. The van der Waals surface area contributed by atoms with Crippen LogP contribution in [0.15, 0.2) is 78.9 Å². The largest absolute Gasteiger partial charge is 0.488 e. The average molecular weight is 426 g/mol. The molecule has 0 atom stereocenters. The van der Waals surface area contributed by atoms with Crippen molar-refractivity contribution in [1.29, 1.82) is 0 Å². The highest BCUT2D eigenvalue weighted by atomic mass is 35.5. The summed E-state index contributed by atoms with van der Waals surface area (Å²) in [5, 5.41) is 6.28. The maximum absolute atomic E-state index is 13.4. The van der Waals surface area contributed by atoms with Crippen molar-refractivity contribution in [3.63, 3.8) is 0 Å². The van der Waals surface area contributed by atoms with E-state index in [1.807, 2.05) is 48.5 Å². The molecule has 0 heterocycles. The van der Waals surface area contributed by atoms with Crippen LogP contribution in [-0.4, -0.2) is 0 Å². The summed E-state index contributed by atoms with van der Waals surface area (Å²) in [6.45, 7) is 0.870. The molecule has 4 aromatic rings. The topological polar surface area (TPSA) is 21.3 Å². The Bertz CT molecular complexity index is 1160. The van der Waals surface area contributed by atoms with E-state index >= 15 is 0 Å². The third-order valence-corrected chi connectivity index (χ3v) is 5.39. The van der Waals surface area contributed by atoms with E-state index < -0.39 is 5.82 Å². The van der Waals surface area contributed by atoms with Crippen LogP contribution in [0, 0.1) is 5.82 Å². The van der Waals surface area contributed by atoms with Crippen molar-refractivity contribution in [2.45, 2.75) is 13.2 Å². The molecule has 29 heavy (non-hydrogen) atoms. The van der Waals surface area contributed by atoms with Crippen LogP contribution in [-0.2, 0) is 13.2 Å². The summed E-state index contributed by atoms with van der Waals surface area (Å²) >= 11 is 12.2. The van der Waals surface area contributed by atoms with Crippen molar-refractivity contribution in [3.05, 3.63) is 106 Å². The fourth-order valence-corrected chi connectivity index (χ4v) is 3.57. The molecule has 0 fully saturated rings. The third-order valence-electron chi connectivity index (χ3n) is 4.73. The average Bonchev–Trinajstić information content (AvgIpc) is 2.74. The lowest BCUT2D eigenvalue weighted by atomic mass is 10.0. The van der Waals surface area contributed by atoms with Gasteiger partial charge in [0.2, 0.25) is 0 Å². The lowest BCUT2D eigenvalue weighted by Gasteiger charge is -2.16. The minimum absolute atomic E-state index is 0.0862. The molecule has 0 aromatic heterocycles. The van der Waals surface area contributed by atoms with Crippen molar-refractivity contribution < 1.29 is 9.13 Å². The first-order valence-corrected chi connectivity index (χ1v) is 9.93. The molecule has 0 aliphatic carbocycles. The van der Waals surface area contributed by atoms with Crippen LogP contribution in [0.25, 0.3) is 10.8 Å². The Kier molecular flexibility index (Phi) is 5.89. The number of rotatable bonds is 6. The van der Waals surface area contributed by atoms with Crippen LogP contribution in [0.5, 0.6) is 5.75 Å². The number of hydrogen-bond acceptors (Lipinski definition) is 2. The van der Waals surface area contributed by atoms with Crippen LogP contribution in [0.1, 0.15) is 11.1 Å². The molecule has 2 nitrogen and oxygen atoms in total. The zero-order chi connectivity index (χ0) is 20.2. The molecule has 0 radical (unpaired) electrons. The summed E-state index contributed by atoms with van der Waals surface area (Å²) in [5.74, 6) is 0.329. The number of benzene rings is 4. The second-order valence-corrected chi connectivity index (χ2v) is 7.44. The van der Waals surface area contributed by atoms with E-state index in [1.54, 1.807) is 12.1 Å². The summed E-state index contributed by atoms with van der Waals surface area (Å²) < 4.78 is 19.6. The Morgan fingerprint density at radius 3 is 2.45 bits per heavy atom. The number of nitrogens with one attached hydrogen (secondary N) is 1. The second kappa shape index (κ2) is 8.73. The van der Waals surface area contributed by atoms with Crippen LogP contribution in [0.4, 0.5) is 10.1 Å². The van der Waals surface area contributed by atoms with Gasteiger partial charge in [-0.2, -0.15) is 0 Å². The monoisotopic (exact) mass is 425 g/mol. The van der Waals surface area contributed by atoms with E-state index in [0.29, 0.717) is 18.2 Å². The summed E-state index contributed by atoms with van der Waals surface area (Å²) in [6, 6.07) is 24.3. The molecule has 0 aliphatic rings. The highest BCUT2D eigenvalue weighted by molar-refractivity contribution is 6.31. The maximum Gasteiger partial charge on any atom is 0.141 e. The Hall–Kier alpha value is -2.75. The summed E-state index contributed by atoms with van der Waals surface area (Å²) in [4.78, 5) is 0. The SMILES string of the molecule is Fc1ccc(NCc2c(OCc3ccccc3Cl)ccc3ccccc23)cc1Cl. The maximum atomic E-state index is 13.4. The smallest absolute Gasteiger partial charge is 0.141 e. The molecule has 146 valence electrons. The van der Waals surface area contributed by atoms with Gasteiger partial charge in [0.15, 0.2) is 0 Å². The number of fused-ring (bicyclic) bond motifs is 1. The molecule has 5 heteroatoms. The van der Waals surface area contributed by atoms with E-state index in [0.717, 1.165) is 33.3 Å². The van der Waals surface area contributed by atoms with Crippen LogP contribution in [0.2, 0.25) is 10.0 Å². The number of ether oxygens (including phenoxy) is 1. The number of hydrogen-bond donors (Lipinski definition) is 1. The highest BCUT2D eigenvalue weighted by Crippen LogP contribution is 2.30. The minimum Gasteiger partial charge on any atom is -0.488 e. The van der Waals surface area contributed by atoms with Crippen LogP contribution < -0.4 is 10.1 Å². The van der Waals surface area contributed by atoms with Crippen molar-refractivity contribution in [2.24, 2.45) is 0 Å². The molecule has 4 rings (SSSR count). The van der Waals surface area contributed by atoms with E-state index in [9.17, 15) is 4.39 Å². The van der Waals surface area contributed by atoms with Crippen molar-refractivity contribution in [3.8, 4) is 5.75 Å². The summed E-state index contributed by atoms with van der Waals surface area (Å²) in [5.41, 5.74) is 2.67. The predicted octanol–water partition coefficient (Wildman–Crippen LogP) is 7.48. The van der Waals surface area contributed by atoms with E-state index in [1.165, 1.54) is 6.07 Å². The van der Waals surface area contributed by atoms with E-state index in [-0.39, 0.29) is 5.02 Å². The Labute approximate surface area is 178 Å². The van der Waals surface area contributed by atoms with Gasteiger partial charge >= 0.3 is 0 Å². The van der Waals surface area contributed by atoms with Crippen molar-refractivity contribution >= 4 is 39.7 Å². The lowest BCUT2D eigenvalue weighted by molar-refractivity contribution is 0.304. The van der Waals surface area contributed by atoms with Gasteiger partial charge < -0.3 is 10.1 Å². The second-order valence-electron chi connectivity index (χ2n) is 6.63. The predicted molar refractivity (Wildman–Crippen MR) is 118 cm³/mol. The molecular formula is C24H18Cl2FNO. The molecule has 0 amide bonds. The molecular weight excluding hydrogens is 408 g/mol. The normalized spacial score (nSPS) is 10.9. The first kappa shape index (κ1) is 19.6. The van der Waals surface area contributed by atoms with Crippen molar-refractivity contribution in [2.75, 3.05) is 5.32 Å². The van der Waals surface area contributed by atoms with Gasteiger partial charge in [-0.3, -0.25) is 0 Å². The molecule has 0 spiro atoms. The highest BCUT2D eigenvalue weighted by Gasteiger charge is 2.11. The molecule has 0 aliphatic heterocycles. The van der Waals surface area contributed by atoms with Crippen LogP contribution in [0.3, 0.4) is 0 Å². The third kappa shape index (κ3) is 4.47. The fraction of sp³-hybridized carbons (Fsp3) is 0.0833. The van der Waals surface area contributed by atoms with Gasteiger partial charge in [-0.05, 0) is 41.1 Å². The fourth-order valence-electron chi connectivity index (χ4n) is 3.20. The molecule has 0 bridgehead atoms. The molecule has 0 unspecified atom stereocenters. The first-order valence-electron chi connectivity index (χ1n) is 9.17. The Balaban J connectivity index is 1.63. The van der Waals surface area contributed by atoms with Gasteiger partial charge in [0.1, 0.15) is 18.2 Å². The zero-order valence-corrected chi connectivity index (χ0v) is 17.0. The lowest BCUT2D eigenvalue weighted by Crippen LogP contribution is -2.05. The standard InChI is InChI=1S/C24H18Cl2FNO/c25-21-8-4-2-6-17(21)15-29-24-12-9-16-5-1-3-7-19(16)20(24)14-28-18-10-11-23(27)22(26)13-18/h1-13,28H,14-15H2. The first-order chi connectivity index (χ1) is 14.1. The van der Waals surface area contributed by atoms with E-state index in [2.05, 4.69) is 17.4 Å². The molecule has 0 saturated heterocycles. The molecule has 4 aromatic carbocycles. The van der Waals surface area contributed by atoms with E-state index in [4.69, 9.17) is 27.9 Å². The van der Waals surface area contributed by atoms with Crippen LogP contribution >= 0.6 is 23.2 Å². The van der Waals surface area contributed by atoms with Crippen molar-refractivity contribution in [1.82, 2.24) is 0 Å². The minimum atomic E-state index is -0.439. The summed E-state index contributed by atoms with van der Waals surface area (Å²) in [6.07, 6.45) is 0. The molecule has 0 saturated carbocycles. The quantitative estimate of drug-likeness (QED) is 0.345. The van der Waals surface area contributed by atoms with Gasteiger partial charge in [0, 0.05) is 28.4 Å². The Morgan fingerprint density at radius 2 is 1.62 bits per heavy atom. The van der Waals surface area contributed by atoms with Gasteiger partial charge in [-0.1, -0.05) is 71.7 Å².